The molecule has 0 saturated carbocycles. The van der Waals surface area contributed by atoms with Gasteiger partial charge in [0.1, 0.15) is 5.82 Å². The normalized spacial score (nSPS) is 10.1. The number of anilines is 2. The van der Waals surface area contributed by atoms with Crippen LogP contribution in [-0.4, -0.2) is 43.3 Å². The van der Waals surface area contributed by atoms with Crippen molar-refractivity contribution in [1.29, 1.82) is 0 Å². The second-order valence-corrected chi connectivity index (χ2v) is 4.86. The van der Waals surface area contributed by atoms with Gasteiger partial charge in [0, 0.05) is 33.3 Å². The first-order valence-corrected chi connectivity index (χ1v) is 6.84. The second-order valence-electron chi connectivity index (χ2n) is 4.86. The summed E-state index contributed by atoms with van der Waals surface area (Å²) >= 11 is 0. The van der Waals surface area contributed by atoms with E-state index in [9.17, 15) is 9.18 Å². The summed E-state index contributed by atoms with van der Waals surface area (Å²) in [6.07, 6.45) is 1.66. The van der Waals surface area contributed by atoms with Crippen LogP contribution in [0.25, 0.3) is 0 Å². The quantitative estimate of drug-likeness (QED) is 0.792. The minimum Gasteiger partial charge on any atom is -0.376 e. The molecule has 116 valence electrons. The molecule has 2 rings (SSSR count). The molecule has 22 heavy (non-hydrogen) atoms. The van der Waals surface area contributed by atoms with E-state index in [1.54, 1.807) is 18.3 Å². The van der Waals surface area contributed by atoms with E-state index >= 15 is 0 Å². The minimum atomic E-state index is -0.530. The highest BCUT2D eigenvalue weighted by Gasteiger charge is 2.09. The molecule has 0 radical (unpaired) electrons. The van der Waals surface area contributed by atoms with Crippen molar-refractivity contribution in [3.05, 3.63) is 47.9 Å². The number of aromatic nitrogens is 2. The van der Waals surface area contributed by atoms with Crippen LogP contribution in [-0.2, 0) is 0 Å². The Morgan fingerprint density at radius 3 is 2.77 bits per heavy atom. The van der Waals surface area contributed by atoms with Gasteiger partial charge in [0.05, 0.1) is 17.4 Å². The molecule has 0 bridgehead atoms. The van der Waals surface area contributed by atoms with Crippen LogP contribution < -0.4 is 15.5 Å². The zero-order chi connectivity index (χ0) is 15.9. The number of hydrogen-bond donors (Lipinski definition) is 2. The van der Waals surface area contributed by atoms with E-state index < -0.39 is 11.7 Å². The van der Waals surface area contributed by atoms with Gasteiger partial charge in [0.2, 0.25) is 0 Å². The number of halogens is 1. The smallest absolute Gasteiger partial charge is 0.254 e. The Hall–Kier alpha value is -2.70. The summed E-state index contributed by atoms with van der Waals surface area (Å²) in [5, 5.41) is 13.5. The van der Waals surface area contributed by atoms with Gasteiger partial charge in [-0.1, -0.05) is 12.1 Å². The summed E-state index contributed by atoms with van der Waals surface area (Å²) in [4.78, 5) is 13.7. The zero-order valence-electron chi connectivity index (χ0n) is 12.5. The van der Waals surface area contributed by atoms with Crippen LogP contribution in [0.2, 0.25) is 0 Å². The number of hydrogen-bond acceptors (Lipinski definition) is 5. The van der Waals surface area contributed by atoms with E-state index in [-0.39, 0.29) is 5.56 Å². The van der Waals surface area contributed by atoms with Crippen molar-refractivity contribution in [2.24, 2.45) is 0 Å². The van der Waals surface area contributed by atoms with Crippen molar-refractivity contribution < 1.29 is 9.18 Å². The fourth-order valence-electron chi connectivity index (χ4n) is 1.79. The number of rotatable bonds is 6. The Bertz CT molecular complexity index is 647. The molecule has 0 fully saturated rings. The third-order valence-corrected chi connectivity index (χ3v) is 2.99. The standard InChI is InChI=1S/C15H18FN5O/c1-21(2)11-9-14(20-19-10-11)17-7-8-18-15(22)12-5-3-4-6-13(12)16/h3-6,9-10H,7-8H2,1-2H3,(H,17,20)(H,18,22). The molecule has 6 nitrogen and oxygen atoms in total. The second kappa shape index (κ2) is 7.35. The summed E-state index contributed by atoms with van der Waals surface area (Å²) in [6.45, 7) is 0.812. The van der Waals surface area contributed by atoms with E-state index in [4.69, 9.17) is 0 Å². The third-order valence-electron chi connectivity index (χ3n) is 2.99. The Labute approximate surface area is 128 Å². The molecule has 1 amide bonds. The SMILES string of the molecule is CN(C)c1cnnc(NCCNC(=O)c2ccccc2F)c1. The molecule has 0 aliphatic heterocycles. The summed E-state index contributed by atoms with van der Waals surface area (Å²) in [5.41, 5.74) is 0.963. The van der Waals surface area contributed by atoms with Gasteiger partial charge in [-0.15, -0.1) is 5.10 Å². The third kappa shape index (κ3) is 4.15. The number of carbonyl (C=O) groups excluding carboxylic acids is 1. The minimum absolute atomic E-state index is 0.0388. The molecule has 0 saturated heterocycles. The summed E-state index contributed by atoms with van der Waals surface area (Å²) < 4.78 is 13.4. The highest BCUT2D eigenvalue weighted by molar-refractivity contribution is 5.94. The van der Waals surface area contributed by atoms with Crippen LogP contribution in [0.5, 0.6) is 0 Å². The molecule has 0 unspecified atom stereocenters. The van der Waals surface area contributed by atoms with Gasteiger partial charge >= 0.3 is 0 Å². The van der Waals surface area contributed by atoms with Crippen LogP contribution >= 0.6 is 0 Å². The average molecular weight is 303 g/mol. The largest absolute Gasteiger partial charge is 0.376 e. The van der Waals surface area contributed by atoms with Gasteiger partial charge in [0.15, 0.2) is 5.82 Å². The van der Waals surface area contributed by atoms with Gasteiger partial charge in [-0.25, -0.2) is 4.39 Å². The maximum atomic E-state index is 13.4. The maximum absolute atomic E-state index is 13.4. The lowest BCUT2D eigenvalue weighted by atomic mass is 10.2. The molecule has 1 aromatic heterocycles. The van der Waals surface area contributed by atoms with Crippen LogP contribution in [0.15, 0.2) is 36.5 Å². The van der Waals surface area contributed by atoms with Gasteiger partial charge in [-0.2, -0.15) is 5.10 Å². The van der Waals surface area contributed by atoms with Crippen molar-refractivity contribution in [3.8, 4) is 0 Å². The molecule has 1 aromatic carbocycles. The van der Waals surface area contributed by atoms with E-state index in [2.05, 4.69) is 20.8 Å². The average Bonchev–Trinajstić information content (AvgIpc) is 2.52. The highest BCUT2D eigenvalue weighted by Crippen LogP contribution is 2.12. The fraction of sp³-hybridized carbons (Fsp3) is 0.267. The molecule has 2 N–H and O–H groups in total. The summed E-state index contributed by atoms with van der Waals surface area (Å²) in [5.74, 6) is -0.350. The number of nitrogens with zero attached hydrogens (tertiary/aromatic N) is 3. The first-order chi connectivity index (χ1) is 10.6. The lowest BCUT2D eigenvalue weighted by Crippen LogP contribution is -2.29. The van der Waals surface area contributed by atoms with E-state index in [1.165, 1.54) is 12.1 Å². The summed E-state index contributed by atoms with van der Waals surface area (Å²) in [6, 6.07) is 7.73. The van der Waals surface area contributed by atoms with Gasteiger partial charge < -0.3 is 15.5 Å². The first kappa shape index (κ1) is 15.7. The first-order valence-electron chi connectivity index (χ1n) is 6.84. The number of amides is 1. The predicted octanol–water partition coefficient (Wildman–Crippen LogP) is 1.52. The van der Waals surface area contributed by atoms with Crippen molar-refractivity contribution in [2.75, 3.05) is 37.4 Å². The molecule has 1 heterocycles. The molecular weight excluding hydrogens is 285 g/mol. The summed E-state index contributed by atoms with van der Waals surface area (Å²) in [7, 11) is 3.82. The highest BCUT2D eigenvalue weighted by atomic mass is 19.1. The molecule has 0 aliphatic carbocycles. The van der Waals surface area contributed by atoms with Crippen molar-refractivity contribution in [2.45, 2.75) is 0 Å². The Balaban J connectivity index is 1.81. The van der Waals surface area contributed by atoms with Crippen molar-refractivity contribution >= 4 is 17.4 Å². The monoisotopic (exact) mass is 303 g/mol. The number of carbonyl (C=O) groups is 1. The molecule has 0 aliphatic rings. The maximum Gasteiger partial charge on any atom is 0.254 e. The molecule has 2 aromatic rings. The molecular formula is C15H18FN5O. The zero-order valence-corrected chi connectivity index (χ0v) is 12.5. The van der Waals surface area contributed by atoms with E-state index in [1.807, 2.05) is 25.1 Å². The van der Waals surface area contributed by atoms with Crippen LogP contribution in [0, 0.1) is 5.82 Å². The molecule has 0 atom stereocenters. The van der Waals surface area contributed by atoms with Crippen LogP contribution in [0.3, 0.4) is 0 Å². The topological polar surface area (TPSA) is 70.2 Å². The van der Waals surface area contributed by atoms with Gasteiger partial charge in [0.25, 0.3) is 5.91 Å². The Kier molecular flexibility index (Phi) is 5.24. The lowest BCUT2D eigenvalue weighted by Gasteiger charge is -2.13. The van der Waals surface area contributed by atoms with Crippen molar-refractivity contribution in [1.82, 2.24) is 15.5 Å². The number of nitrogens with one attached hydrogen (secondary N) is 2. The number of benzene rings is 1. The lowest BCUT2D eigenvalue weighted by molar-refractivity contribution is 0.0951. The predicted molar refractivity (Wildman–Crippen MR) is 83.6 cm³/mol. The molecule has 0 spiro atoms. The van der Waals surface area contributed by atoms with Gasteiger partial charge in [-0.3, -0.25) is 4.79 Å². The van der Waals surface area contributed by atoms with Crippen LogP contribution in [0.1, 0.15) is 10.4 Å². The van der Waals surface area contributed by atoms with E-state index in [0.29, 0.717) is 18.9 Å². The Morgan fingerprint density at radius 1 is 1.27 bits per heavy atom. The Morgan fingerprint density at radius 2 is 2.05 bits per heavy atom. The van der Waals surface area contributed by atoms with E-state index in [0.717, 1.165) is 5.69 Å². The van der Waals surface area contributed by atoms with Crippen molar-refractivity contribution in [3.63, 3.8) is 0 Å². The van der Waals surface area contributed by atoms with Crippen LogP contribution in [0.4, 0.5) is 15.9 Å². The van der Waals surface area contributed by atoms with Gasteiger partial charge in [-0.05, 0) is 12.1 Å². The molecule has 7 heteroatoms. The fourth-order valence-corrected chi connectivity index (χ4v) is 1.79.